The van der Waals surface area contributed by atoms with Gasteiger partial charge in [0.25, 0.3) is 10.0 Å². The van der Waals surface area contributed by atoms with E-state index in [2.05, 4.69) is 9.46 Å². The highest BCUT2D eigenvalue weighted by Crippen LogP contribution is 2.38. The Kier molecular flexibility index (Phi) is 5.77. The number of benzene rings is 2. The molecule has 142 valence electrons. The molecule has 0 aliphatic carbocycles. The van der Waals surface area contributed by atoms with Gasteiger partial charge in [-0.25, -0.2) is 8.42 Å². The summed E-state index contributed by atoms with van der Waals surface area (Å²) in [6, 6.07) is 6.89. The topological polar surface area (TPSA) is 73.9 Å². The van der Waals surface area contributed by atoms with Crippen molar-refractivity contribution in [2.45, 2.75) is 11.3 Å². The standard InChI is InChI=1S/C15H13ClF3NO5S/c1-23-12-8-10(13(24-2)7-9(12)16)20-26(21,22)14-6-4-3-5-11(14)25-15(17,18)19/h3-8,20H,1-2H3. The zero-order valence-electron chi connectivity index (χ0n) is 13.4. The van der Waals surface area contributed by atoms with E-state index in [-0.39, 0.29) is 22.2 Å². The number of sulfonamides is 1. The Morgan fingerprint density at radius 1 is 1.00 bits per heavy atom. The van der Waals surface area contributed by atoms with Crippen molar-refractivity contribution in [1.29, 1.82) is 0 Å². The average Bonchev–Trinajstić information content (AvgIpc) is 2.54. The van der Waals surface area contributed by atoms with Gasteiger partial charge in [0.1, 0.15) is 22.1 Å². The lowest BCUT2D eigenvalue weighted by Gasteiger charge is -2.16. The Morgan fingerprint density at radius 2 is 1.62 bits per heavy atom. The zero-order chi connectivity index (χ0) is 19.5. The first kappa shape index (κ1) is 20.0. The van der Waals surface area contributed by atoms with Crippen LogP contribution in [0.25, 0.3) is 0 Å². The van der Waals surface area contributed by atoms with Crippen LogP contribution < -0.4 is 18.9 Å². The molecule has 6 nitrogen and oxygen atoms in total. The third kappa shape index (κ3) is 4.64. The van der Waals surface area contributed by atoms with Crippen LogP contribution in [0, 0.1) is 0 Å². The summed E-state index contributed by atoms with van der Waals surface area (Å²) in [5.74, 6) is -0.675. The van der Waals surface area contributed by atoms with Gasteiger partial charge < -0.3 is 14.2 Å². The highest BCUT2D eigenvalue weighted by Gasteiger charge is 2.34. The summed E-state index contributed by atoms with van der Waals surface area (Å²) in [6.45, 7) is 0. The number of rotatable bonds is 6. The number of alkyl halides is 3. The van der Waals surface area contributed by atoms with Crippen molar-refractivity contribution in [2.24, 2.45) is 0 Å². The van der Waals surface area contributed by atoms with Crippen molar-refractivity contribution in [3.05, 3.63) is 41.4 Å². The molecule has 26 heavy (non-hydrogen) atoms. The van der Waals surface area contributed by atoms with Gasteiger partial charge in [0.15, 0.2) is 0 Å². The summed E-state index contributed by atoms with van der Waals surface area (Å²) < 4.78 is 78.6. The van der Waals surface area contributed by atoms with Crippen LogP contribution in [0.2, 0.25) is 5.02 Å². The molecule has 0 saturated heterocycles. The van der Waals surface area contributed by atoms with Gasteiger partial charge in [0.05, 0.1) is 24.9 Å². The van der Waals surface area contributed by atoms with Crippen LogP contribution in [0.15, 0.2) is 41.3 Å². The van der Waals surface area contributed by atoms with Gasteiger partial charge in [0.2, 0.25) is 0 Å². The van der Waals surface area contributed by atoms with Crippen LogP contribution in [0.5, 0.6) is 17.2 Å². The molecule has 2 rings (SSSR count). The predicted octanol–water partition coefficient (Wildman–Crippen LogP) is 4.06. The number of para-hydroxylation sites is 1. The first-order valence-corrected chi connectivity index (χ1v) is 8.72. The first-order chi connectivity index (χ1) is 12.1. The zero-order valence-corrected chi connectivity index (χ0v) is 15.0. The van der Waals surface area contributed by atoms with E-state index >= 15 is 0 Å². The van der Waals surface area contributed by atoms with Crippen LogP contribution in [-0.4, -0.2) is 29.0 Å². The number of nitrogens with one attached hydrogen (secondary N) is 1. The normalized spacial score (nSPS) is 11.8. The van der Waals surface area contributed by atoms with Crippen molar-refractivity contribution in [2.75, 3.05) is 18.9 Å². The molecule has 0 aliphatic rings. The Bertz CT molecular complexity index is 903. The molecular weight excluding hydrogens is 399 g/mol. The second kappa shape index (κ2) is 7.50. The fourth-order valence-corrected chi connectivity index (χ4v) is 3.44. The number of hydrogen-bond acceptors (Lipinski definition) is 5. The van der Waals surface area contributed by atoms with Crippen molar-refractivity contribution >= 4 is 27.3 Å². The van der Waals surface area contributed by atoms with Crippen LogP contribution in [0.1, 0.15) is 0 Å². The van der Waals surface area contributed by atoms with E-state index in [0.717, 1.165) is 12.1 Å². The molecule has 0 spiro atoms. The summed E-state index contributed by atoms with van der Waals surface area (Å²) in [5, 5.41) is 0.160. The molecule has 0 amide bonds. The molecule has 0 saturated carbocycles. The van der Waals surface area contributed by atoms with E-state index in [1.807, 2.05) is 0 Å². The maximum atomic E-state index is 12.6. The highest BCUT2D eigenvalue weighted by atomic mass is 35.5. The minimum Gasteiger partial charge on any atom is -0.495 e. The molecule has 0 bridgehead atoms. The fourth-order valence-electron chi connectivity index (χ4n) is 2.02. The Balaban J connectivity index is 2.48. The smallest absolute Gasteiger partial charge is 0.495 e. The lowest BCUT2D eigenvalue weighted by atomic mass is 10.3. The number of anilines is 1. The summed E-state index contributed by atoms with van der Waals surface area (Å²) >= 11 is 5.94. The minimum absolute atomic E-state index is 0.0496. The van der Waals surface area contributed by atoms with E-state index in [1.165, 1.54) is 38.5 Å². The number of hydrogen-bond donors (Lipinski definition) is 1. The molecule has 0 unspecified atom stereocenters. The van der Waals surface area contributed by atoms with Gasteiger partial charge in [-0.05, 0) is 12.1 Å². The molecule has 1 N–H and O–H groups in total. The van der Waals surface area contributed by atoms with E-state index in [0.29, 0.717) is 0 Å². The third-order valence-corrected chi connectivity index (χ3v) is 4.78. The molecule has 11 heteroatoms. The molecular formula is C15H13ClF3NO5S. The first-order valence-electron chi connectivity index (χ1n) is 6.86. The van der Waals surface area contributed by atoms with Gasteiger partial charge in [0, 0.05) is 12.1 Å². The van der Waals surface area contributed by atoms with Gasteiger partial charge in [-0.15, -0.1) is 13.2 Å². The van der Waals surface area contributed by atoms with Crippen molar-refractivity contribution in [1.82, 2.24) is 0 Å². The van der Waals surface area contributed by atoms with Gasteiger partial charge in [-0.2, -0.15) is 0 Å². The Hall–Kier alpha value is -2.33. The maximum Gasteiger partial charge on any atom is 0.573 e. The Morgan fingerprint density at radius 3 is 2.19 bits per heavy atom. The minimum atomic E-state index is -5.05. The number of methoxy groups -OCH3 is 2. The molecule has 0 fully saturated rings. The molecule has 0 aliphatic heterocycles. The largest absolute Gasteiger partial charge is 0.573 e. The van der Waals surface area contributed by atoms with E-state index in [9.17, 15) is 21.6 Å². The summed E-state index contributed by atoms with van der Waals surface area (Å²) in [5.41, 5.74) is -0.0736. The SMILES string of the molecule is COc1cc(NS(=O)(=O)c2ccccc2OC(F)(F)F)c(OC)cc1Cl. The van der Waals surface area contributed by atoms with E-state index in [1.54, 1.807) is 0 Å². The lowest BCUT2D eigenvalue weighted by molar-refractivity contribution is -0.275. The molecule has 0 radical (unpaired) electrons. The second-order valence-electron chi connectivity index (χ2n) is 4.79. The summed E-state index contributed by atoms with van der Waals surface area (Å²) in [7, 11) is -1.85. The Labute approximate surface area is 152 Å². The second-order valence-corrected chi connectivity index (χ2v) is 6.85. The highest BCUT2D eigenvalue weighted by molar-refractivity contribution is 7.92. The van der Waals surface area contributed by atoms with Gasteiger partial charge in [-0.3, -0.25) is 4.72 Å². The average molecular weight is 412 g/mol. The number of ether oxygens (including phenoxy) is 3. The van der Waals surface area contributed by atoms with Crippen molar-refractivity contribution in [3.8, 4) is 17.2 Å². The monoisotopic (exact) mass is 411 g/mol. The van der Waals surface area contributed by atoms with Gasteiger partial charge in [-0.1, -0.05) is 23.7 Å². The maximum absolute atomic E-state index is 12.6. The number of halogens is 4. The van der Waals surface area contributed by atoms with Crippen LogP contribution in [0.4, 0.5) is 18.9 Å². The van der Waals surface area contributed by atoms with Gasteiger partial charge >= 0.3 is 6.36 Å². The molecule has 0 atom stereocenters. The lowest BCUT2D eigenvalue weighted by Crippen LogP contribution is -2.21. The quantitative estimate of drug-likeness (QED) is 0.776. The van der Waals surface area contributed by atoms with Crippen LogP contribution in [-0.2, 0) is 10.0 Å². The van der Waals surface area contributed by atoms with E-state index in [4.69, 9.17) is 21.1 Å². The summed E-state index contributed by atoms with van der Waals surface area (Å²) in [4.78, 5) is -0.701. The molecule has 2 aromatic carbocycles. The van der Waals surface area contributed by atoms with Crippen LogP contribution in [0.3, 0.4) is 0 Å². The van der Waals surface area contributed by atoms with Crippen LogP contribution >= 0.6 is 11.6 Å². The predicted molar refractivity (Wildman–Crippen MR) is 88.5 cm³/mol. The molecule has 0 heterocycles. The van der Waals surface area contributed by atoms with Crippen molar-refractivity contribution < 1.29 is 35.8 Å². The fraction of sp³-hybridized carbons (Fsp3) is 0.200. The summed E-state index contributed by atoms with van der Waals surface area (Å²) in [6.07, 6.45) is -5.05. The molecule has 2 aromatic rings. The third-order valence-electron chi connectivity index (χ3n) is 3.08. The molecule has 0 aromatic heterocycles. The van der Waals surface area contributed by atoms with Crippen molar-refractivity contribution in [3.63, 3.8) is 0 Å². The van der Waals surface area contributed by atoms with E-state index < -0.39 is 27.0 Å².